The lowest BCUT2D eigenvalue weighted by molar-refractivity contribution is 0.676. The number of hydrogen-bond acceptors (Lipinski definition) is 1. The van der Waals surface area contributed by atoms with E-state index < -0.39 is 10.8 Å². The topological polar surface area (TPSA) is 17.1 Å². The maximum absolute atomic E-state index is 11.2. The van der Waals surface area contributed by atoms with Crippen LogP contribution in [0.2, 0.25) is 0 Å². The fourth-order valence-electron chi connectivity index (χ4n) is 1.20. The van der Waals surface area contributed by atoms with E-state index in [-0.39, 0.29) is 0 Å². The van der Waals surface area contributed by atoms with Crippen molar-refractivity contribution < 1.29 is 4.21 Å². The Bertz CT molecular complexity index is 161. The van der Waals surface area contributed by atoms with Gasteiger partial charge in [-0.15, -0.1) is 0 Å². The summed E-state index contributed by atoms with van der Waals surface area (Å²) in [5.41, 5.74) is 0. The lowest BCUT2D eigenvalue weighted by atomic mass is 10.1. The summed E-state index contributed by atoms with van der Waals surface area (Å²) in [6.07, 6.45) is 6.88. The summed E-state index contributed by atoms with van der Waals surface area (Å²) in [6, 6.07) is 0. The molecule has 2 heteroatoms. The van der Waals surface area contributed by atoms with E-state index in [0.717, 1.165) is 18.6 Å². The van der Waals surface area contributed by atoms with Gasteiger partial charge in [-0.05, 0) is 25.7 Å². The molecule has 1 aliphatic carbocycles. The Morgan fingerprint density at radius 1 is 1.60 bits per heavy atom. The van der Waals surface area contributed by atoms with Gasteiger partial charge in [0, 0.05) is 21.5 Å². The molecular weight excluding hydrogens is 144 g/mol. The summed E-state index contributed by atoms with van der Waals surface area (Å²) in [7, 11) is -0.652. The van der Waals surface area contributed by atoms with E-state index >= 15 is 0 Å². The van der Waals surface area contributed by atoms with Crippen LogP contribution < -0.4 is 0 Å². The second kappa shape index (κ2) is 3.91. The van der Waals surface area contributed by atoms with Gasteiger partial charge in [0.15, 0.2) is 0 Å². The van der Waals surface area contributed by atoms with E-state index in [2.05, 4.69) is 6.08 Å². The quantitative estimate of drug-likeness (QED) is 0.602. The van der Waals surface area contributed by atoms with Crippen LogP contribution in [0.4, 0.5) is 0 Å². The Hall–Kier alpha value is -0.110. The largest absolute Gasteiger partial charge is 0.255 e. The van der Waals surface area contributed by atoms with E-state index in [1.807, 2.05) is 6.92 Å². The molecule has 1 rings (SSSR count). The molecule has 10 heavy (non-hydrogen) atoms. The van der Waals surface area contributed by atoms with E-state index in [9.17, 15) is 4.21 Å². The minimum atomic E-state index is -0.652. The molecule has 1 nitrogen and oxygen atoms in total. The van der Waals surface area contributed by atoms with Crippen LogP contribution in [0.15, 0.2) is 11.0 Å². The van der Waals surface area contributed by atoms with Gasteiger partial charge in [-0.1, -0.05) is 13.0 Å². The van der Waals surface area contributed by atoms with E-state index in [1.54, 1.807) is 0 Å². The average molecular weight is 158 g/mol. The Morgan fingerprint density at radius 3 is 2.90 bits per heavy atom. The van der Waals surface area contributed by atoms with Crippen molar-refractivity contribution in [1.82, 2.24) is 0 Å². The van der Waals surface area contributed by atoms with E-state index in [0.29, 0.717) is 0 Å². The zero-order valence-electron chi connectivity index (χ0n) is 6.43. The van der Waals surface area contributed by atoms with Crippen LogP contribution >= 0.6 is 0 Å². The third kappa shape index (κ3) is 1.94. The van der Waals surface area contributed by atoms with Crippen molar-refractivity contribution >= 4 is 10.8 Å². The average Bonchev–Trinajstić information content (AvgIpc) is 2.05. The van der Waals surface area contributed by atoms with Crippen molar-refractivity contribution in [2.75, 3.05) is 5.75 Å². The van der Waals surface area contributed by atoms with Crippen LogP contribution in [0.3, 0.4) is 0 Å². The molecule has 0 bridgehead atoms. The second-order valence-corrected chi connectivity index (χ2v) is 4.34. The zero-order valence-corrected chi connectivity index (χ0v) is 7.25. The van der Waals surface area contributed by atoms with Gasteiger partial charge in [-0.3, -0.25) is 4.21 Å². The predicted octanol–water partition coefficient (Wildman–Crippen LogP) is 2.21. The molecule has 0 aliphatic heterocycles. The third-order valence-electron chi connectivity index (χ3n) is 1.80. The van der Waals surface area contributed by atoms with E-state index in [1.165, 1.54) is 17.7 Å². The zero-order chi connectivity index (χ0) is 7.40. The molecule has 0 saturated heterocycles. The maximum Gasteiger partial charge on any atom is 0.0482 e. The highest BCUT2D eigenvalue weighted by molar-refractivity contribution is 7.88. The van der Waals surface area contributed by atoms with Crippen molar-refractivity contribution in [2.24, 2.45) is 0 Å². The molecule has 0 spiro atoms. The van der Waals surface area contributed by atoms with Crippen molar-refractivity contribution in [2.45, 2.75) is 32.6 Å². The lowest BCUT2D eigenvalue weighted by Crippen LogP contribution is -2.01. The predicted molar refractivity (Wildman–Crippen MR) is 45.2 cm³/mol. The molecule has 0 heterocycles. The van der Waals surface area contributed by atoms with Gasteiger partial charge in [-0.25, -0.2) is 0 Å². The van der Waals surface area contributed by atoms with Gasteiger partial charge in [0.1, 0.15) is 0 Å². The Kier molecular flexibility index (Phi) is 3.13. The molecule has 1 atom stereocenters. The maximum atomic E-state index is 11.2. The molecule has 1 aliphatic rings. The highest BCUT2D eigenvalue weighted by atomic mass is 32.2. The highest BCUT2D eigenvalue weighted by Crippen LogP contribution is 2.19. The van der Waals surface area contributed by atoms with Crippen molar-refractivity contribution in [3.8, 4) is 0 Å². The standard InChI is InChI=1S/C8H14OS/c1-2-10(9)8-6-4-3-5-7-8/h6H,2-5,7H2,1H3. The summed E-state index contributed by atoms with van der Waals surface area (Å²) in [5, 5.41) is 0. The fourth-order valence-corrected chi connectivity index (χ4v) is 2.25. The van der Waals surface area contributed by atoms with Crippen LogP contribution in [0.5, 0.6) is 0 Å². The number of allylic oxidation sites excluding steroid dienone is 2. The first-order chi connectivity index (χ1) is 4.84. The molecule has 0 N–H and O–H groups in total. The first-order valence-corrected chi connectivity index (χ1v) is 5.24. The minimum absolute atomic E-state index is 0.652. The molecule has 0 aromatic heterocycles. The number of rotatable bonds is 2. The first-order valence-electron chi connectivity index (χ1n) is 3.92. The molecule has 0 aromatic carbocycles. The van der Waals surface area contributed by atoms with Crippen LogP contribution in [-0.2, 0) is 10.8 Å². The fraction of sp³-hybridized carbons (Fsp3) is 0.750. The Labute approximate surface area is 65.0 Å². The molecule has 0 radical (unpaired) electrons. The van der Waals surface area contributed by atoms with Crippen molar-refractivity contribution in [3.05, 3.63) is 11.0 Å². The van der Waals surface area contributed by atoms with Crippen molar-refractivity contribution in [1.29, 1.82) is 0 Å². The molecule has 1 unspecified atom stereocenters. The third-order valence-corrected chi connectivity index (χ3v) is 3.28. The molecule has 0 aromatic rings. The molecule has 0 saturated carbocycles. The summed E-state index contributed by atoms with van der Waals surface area (Å²) in [5.74, 6) is 0.784. The van der Waals surface area contributed by atoms with E-state index in [4.69, 9.17) is 0 Å². The molecule has 58 valence electrons. The van der Waals surface area contributed by atoms with Crippen LogP contribution in [-0.4, -0.2) is 9.96 Å². The lowest BCUT2D eigenvalue weighted by Gasteiger charge is -2.10. The Morgan fingerprint density at radius 2 is 2.40 bits per heavy atom. The first kappa shape index (κ1) is 7.99. The Balaban J connectivity index is 2.53. The summed E-state index contributed by atoms with van der Waals surface area (Å²) in [4.78, 5) is 1.19. The van der Waals surface area contributed by atoms with Gasteiger partial charge in [0.2, 0.25) is 0 Å². The normalized spacial score (nSPS) is 21.9. The van der Waals surface area contributed by atoms with Gasteiger partial charge in [0.25, 0.3) is 0 Å². The van der Waals surface area contributed by atoms with Crippen LogP contribution in [0.25, 0.3) is 0 Å². The molecule has 0 amide bonds. The summed E-state index contributed by atoms with van der Waals surface area (Å²) < 4.78 is 11.2. The highest BCUT2D eigenvalue weighted by Gasteiger charge is 2.07. The van der Waals surface area contributed by atoms with Gasteiger partial charge in [0.05, 0.1) is 0 Å². The monoisotopic (exact) mass is 158 g/mol. The van der Waals surface area contributed by atoms with Gasteiger partial charge in [-0.2, -0.15) is 0 Å². The van der Waals surface area contributed by atoms with Crippen LogP contribution in [0, 0.1) is 0 Å². The summed E-state index contributed by atoms with van der Waals surface area (Å²) in [6.45, 7) is 1.98. The number of hydrogen-bond donors (Lipinski definition) is 0. The van der Waals surface area contributed by atoms with Crippen molar-refractivity contribution in [3.63, 3.8) is 0 Å². The SMILES string of the molecule is CCS(=O)C1=CCCCC1. The molecule has 0 fully saturated rings. The smallest absolute Gasteiger partial charge is 0.0482 e. The molecular formula is C8H14OS. The second-order valence-electron chi connectivity index (χ2n) is 2.55. The van der Waals surface area contributed by atoms with Gasteiger partial charge < -0.3 is 0 Å². The minimum Gasteiger partial charge on any atom is -0.255 e. The summed E-state index contributed by atoms with van der Waals surface area (Å²) >= 11 is 0. The van der Waals surface area contributed by atoms with Gasteiger partial charge >= 0.3 is 0 Å². The van der Waals surface area contributed by atoms with Crippen LogP contribution in [0.1, 0.15) is 32.6 Å².